The van der Waals surface area contributed by atoms with E-state index in [1.54, 1.807) is 6.20 Å². The number of nitrogens with zero attached hydrogens (tertiary/aromatic N) is 2. The van der Waals surface area contributed by atoms with Gasteiger partial charge >= 0.3 is 0 Å². The van der Waals surface area contributed by atoms with Gasteiger partial charge in [0.2, 0.25) is 0 Å². The zero-order chi connectivity index (χ0) is 14.9. The summed E-state index contributed by atoms with van der Waals surface area (Å²) < 4.78 is 1.87. The highest BCUT2D eigenvalue weighted by molar-refractivity contribution is 6.00. The molecule has 4 saturated carbocycles. The Labute approximate surface area is 127 Å². The third-order valence-corrected chi connectivity index (χ3v) is 6.33. The van der Waals surface area contributed by atoms with E-state index in [1.807, 2.05) is 10.9 Å². The summed E-state index contributed by atoms with van der Waals surface area (Å²) in [6, 6.07) is 0. The van der Waals surface area contributed by atoms with Crippen molar-refractivity contribution in [2.24, 2.45) is 22.2 Å². The van der Waals surface area contributed by atoms with Crippen LogP contribution < -0.4 is 0 Å². The van der Waals surface area contributed by atoms with Crippen molar-refractivity contribution in [3.05, 3.63) is 18.0 Å². The lowest BCUT2D eigenvalue weighted by Crippen LogP contribution is -2.57. The van der Waals surface area contributed by atoms with Gasteiger partial charge in [-0.15, -0.1) is 0 Å². The topological polar surface area (TPSA) is 34.9 Å². The largest absolute Gasteiger partial charge is 0.293 e. The number of hydrogen-bond donors (Lipinski definition) is 0. The smallest absolute Gasteiger partial charge is 0.172 e. The monoisotopic (exact) mass is 286 g/mol. The maximum absolute atomic E-state index is 13.3. The molecule has 0 saturated heterocycles. The Morgan fingerprint density at radius 3 is 2.43 bits per heavy atom. The third kappa shape index (κ3) is 1.92. The minimum absolute atomic E-state index is 0.0927. The second kappa shape index (κ2) is 3.99. The Morgan fingerprint density at radius 1 is 1.24 bits per heavy atom. The van der Waals surface area contributed by atoms with E-state index < -0.39 is 0 Å². The molecular weight excluding hydrogens is 260 g/mol. The SMILES string of the molecule is CCn1cc(C(=O)C23CC4CC(C)(CC(C)(C4)C2)C3)cn1. The van der Waals surface area contributed by atoms with E-state index in [0.29, 0.717) is 16.6 Å². The first-order valence-corrected chi connectivity index (χ1v) is 8.43. The van der Waals surface area contributed by atoms with Crippen LogP contribution in [0.5, 0.6) is 0 Å². The first kappa shape index (κ1) is 13.5. The predicted octanol–water partition coefficient (Wildman–Crippen LogP) is 4.08. The summed E-state index contributed by atoms with van der Waals surface area (Å²) in [7, 11) is 0. The molecule has 114 valence electrons. The van der Waals surface area contributed by atoms with Crippen LogP contribution in [-0.2, 0) is 6.54 Å². The van der Waals surface area contributed by atoms with Crippen molar-refractivity contribution in [2.45, 2.75) is 65.8 Å². The second-order valence-electron chi connectivity index (χ2n) is 8.82. The molecule has 1 aromatic heterocycles. The molecule has 0 aromatic carbocycles. The Bertz CT molecular complexity index is 584. The number of carbonyl (C=O) groups excluding carboxylic acids is 1. The first-order valence-electron chi connectivity index (χ1n) is 8.43. The van der Waals surface area contributed by atoms with Crippen molar-refractivity contribution >= 4 is 5.78 Å². The van der Waals surface area contributed by atoms with Gasteiger partial charge in [0.15, 0.2) is 5.78 Å². The molecule has 0 N–H and O–H groups in total. The molecule has 4 fully saturated rings. The van der Waals surface area contributed by atoms with Gasteiger partial charge in [-0.1, -0.05) is 13.8 Å². The van der Waals surface area contributed by atoms with Gasteiger partial charge in [-0.3, -0.25) is 9.48 Å². The molecule has 4 bridgehead atoms. The van der Waals surface area contributed by atoms with Crippen molar-refractivity contribution < 1.29 is 4.79 Å². The van der Waals surface area contributed by atoms with Gasteiger partial charge in [0.05, 0.1) is 11.8 Å². The molecule has 21 heavy (non-hydrogen) atoms. The number of aryl methyl sites for hydroxylation is 1. The maximum atomic E-state index is 13.3. The van der Waals surface area contributed by atoms with Crippen molar-refractivity contribution in [1.29, 1.82) is 0 Å². The van der Waals surface area contributed by atoms with Gasteiger partial charge in [-0.05, 0) is 62.2 Å². The standard InChI is InChI=1S/C18H26N2O/c1-4-20-9-14(8-19-20)15(21)18-7-13-5-16(2,11-18)10-17(3,6-13)12-18/h8-9,13H,4-7,10-12H2,1-3H3. The molecular formula is C18H26N2O. The summed E-state index contributed by atoms with van der Waals surface area (Å²) in [5.74, 6) is 1.14. The van der Waals surface area contributed by atoms with Gasteiger partial charge < -0.3 is 0 Å². The van der Waals surface area contributed by atoms with Crippen molar-refractivity contribution in [2.75, 3.05) is 0 Å². The van der Waals surface area contributed by atoms with Crippen LogP contribution in [0.2, 0.25) is 0 Å². The van der Waals surface area contributed by atoms with Crippen molar-refractivity contribution in [3.63, 3.8) is 0 Å². The van der Waals surface area contributed by atoms with Gasteiger partial charge in [0.25, 0.3) is 0 Å². The molecule has 0 radical (unpaired) electrons. The maximum Gasteiger partial charge on any atom is 0.172 e. The van der Waals surface area contributed by atoms with Gasteiger partial charge in [0.1, 0.15) is 0 Å². The number of Topliss-reactive ketones (excluding diaryl/α,β-unsaturated/α-hetero) is 1. The zero-order valence-corrected chi connectivity index (χ0v) is 13.5. The molecule has 3 nitrogen and oxygen atoms in total. The molecule has 4 aliphatic rings. The van der Waals surface area contributed by atoms with Gasteiger partial charge in [-0.2, -0.15) is 5.10 Å². The molecule has 2 atom stereocenters. The fourth-order valence-corrected chi connectivity index (χ4v) is 6.66. The van der Waals surface area contributed by atoms with E-state index in [-0.39, 0.29) is 5.41 Å². The Kier molecular flexibility index (Phi) is 2.57. The van der Waals surface area contributed by atoms with E-state index in [4.69, 9.17) is 0 Å². The Balaban J connectivity index is 1.72. The normalized spacial score (nSPS) is 44.2. The molecule has 4 aliphatic carbocycles. The molecule has 3 heteroatoms. The molecule has 0 aliphatic heterocycles. The second-order valence-corrected chi connectivity index (χ2v) is 8.82. The average molecular weight is 286 g/mol. The molecule has 1 aromatic rings. The van der Waals surface area contributed by atoms with Crippen LogP contribution in [-0.4, -0.2) is 15.6 Å². The van der Waals surface area contributed by atoms with E-state index in [2.05, 4.69) is 25.9 Å². The lowest BCUT2D eigenvalue weighted by atomic mass is 9.39. The zero-order valence-electron chi connectivity index (χ0n) is 13.5. The fourth-order valence-electron chi connectivity index (χ4n) is 6.66. The summed E-state index contributed by atoms with van der Waals surface area (Å²) in [6.07, 6.45) is 11.1. The number of ketones is 1. The van der Waals surface area contributed by atoms with Crippen LogP contribution >= 0.6 is 0 Å². The van der Waals surface area contributed by atoms with Crippen LogP contribution in [0.4, 0.5) is 0 Å². The van der Waals surface area contributed by atoms with E-state index >= 15 is 0 Å². The average Bonchev–Trinajstić information content (AvgIpc) is 2.81. The van der Waals surface area contributed by atoms with E-state index in [1.165, 1.54) is 19.3 Å². The minimum Gasteiger partial charge on any atom is -0.293 e. The van der Waals surface area contributed by atoms with Crippen molar-refractivity contribution in [1.82, 2.24) is 9.78 Å². The number of carbonyl (C=O) groups is 1. The van der Waals surface area contributed by atoms with Crippen molar-refractivity contribution in [3.8, 4) is 0 Å². The van der Waals surface area contributed by atoms with Crippen LogP contribution in [0.25, 0.3) is 0 Å². The summed E-state index contributed by atoms with van der Waals surface area (Å²) in [4.78, 5) is 13.3. The van der Waals surface area contributed by atoms with Crippen LogP contribution in [0.3, 0.4) is 0 Å². The summed E-state index contributed by atoms with van der Waals surface area (Å²) in [6.45, 7) is 7.74. The first-order chi connectivity index (χ1) is 9.85. The molecule has 0 amide bonds. The number of rotatable bonds is 3. The van der Waals surface area contributed by atoms with Crippen LogP contribution in [0.1, 0.15) is 69.7 Å². The highest BCUT2D eigenvalue weighted by Gasteiger charge is 2.62. The highest BCUT2D eigenvalue weighted by Crippen LogP contribution is 2.70. The van der Waals surface area contributed by atoms with Gasteiger partial charge in [-0.25, -0.2) is 0 Å². The van der Waals surface area contributed by atoms with Crippen LogP contribution in [0.15, 0.2) is 12.4 Å². The lowest BCUT2D eigenvalue weighted by molar-refractivity contribution is -0.125. The number of aromatic nitrogens is 2. The predicted molar refractivity (Wildman–Crippen MR) is 82.1 cm³/mol. The Morgan fingerprint density at radius 2 is 1.90 bits per heavy atom. The lowest BCUT2D eigenvalue weighted by Gasteiger charge is -2.64. The van der Waals surface area contributed by atoms with Gasteiger partial charge in [0, 0.05) is 18.2 Å². The molecule has 1 heterocycles. The molecule has 5 rings (SSSR count). The van der Waals surface area contributed by atoms with E-state index in [9.17, 15) is 4.79 Å². The summed E-state index contributed by atoms with van der Waals surface area (Å²) in [5.41, 5.74) is 1.53. The highest BCUT2D eigenvalue weighted by atomic mass is 16.1. The summed E-state index contributed by atoms with van der Waals surface area (Å²) in [5, 5.41) is 4.31. The summed E-state index contributed by atoms with van der Waals surface area (Å²) >= 11 is 0. The quantitative estimate of drug-likeness (QED) is 0.785. The minimum atomic E-state index is -0.0927. The fraction of sp³-hybridized carbons (Fsp3) is 0.778. The molecule has 2 unspecified atom stereocenters. The Hall–Kier alpha value is -1.12. The van der Waals surface area contributed by atoms with Crippen LogP contribution in [0, 0.1) is 22.2 Å². The molecule has 0 spiro atoms. The number of hydrogen-bond acceptors (Lipinski definition) is 2. The van der Waals surface area contributed by atoms with E-state index in [0.717, 1.165) is 37.3 Å². The third-order valence-electron chi connectivity index (χ3n) is 6.33.